The van der Waals surface area contributed by atoms with E-state index in [-0.39, 0.29) is 24.3 Å². The summed E-state index contributed by atoms with van der Waals surface area (Å²) < 4.78 is 1.88. The van der Waals surface area contributed by atoms with Crippen LogP contribution in [0.2, 0.25) is 0 Å². The molecular weight excluding hydrogens is 434 g/mol. The van der Waals surface area contributed by atoms with Gasteiger partial charge in [-0.1, -0.05) is 6.42 Å². The minimum Gasteiger partial charge on any atom is -0.483 e. The molecule has 0 aromatic carbocycles. The van der Waals surface area contributed by atoms with E-state index in [1.807, 2.05) is 18.7 Å². The van der Waals surface area contributed by atoms with Gasteiger partial charge in [0.25, 0.3) is 6.47 Å². The van der Waals surface area contributed by atoms with Crippen LogP contribution < -0.4 is 5.32 Å². The molecule has 1 aliphatic carbocycles. The van der Waals surface area contributed by atoms with Crippen molar-refractivity contribution in [1.29, 1.82) is 0 Å². The molecule has 0 radical (unpaired) electrons. The van der Waals surface area contributed by atoms with Gasteiger partial charge in [-0.15, -0.1) is 0 Å². The summed E-state index contributed by atoms with van der Waals surface area (Å²) in [6, 6.07) is 0.115. The highest BCUT2D eigenvalue weighted by Crippen LogP contribution is 2.38. The van der Waals surface area contributed by atoms with Crippen LogP contribution in [0.1, 0.15) is 55.5 Å². The van der Waals surface area contributed by atoms with E-state index < -0.39 is 0 Å². The first-order chi connectivity index (χ1) is 16.2. The Hall–Kier alpha value is -2.42. The van der Waals surface area contributed by atoms with Crippen molar-refractivity contribution in [3.05, 3.63) is 17.0 Å². The van der Waals surface area contributed by atoms with E-state index in [9.17, 15) is 9.59 Å². The number of hydrogen-bond donors (Lipinski definition) is 2. The van der Waals surface area contributed by atoms with E-state index in [2.05, 4.69) is 34.2 Å². The Morgan fingerprint density at radius 1 is 1.06 bits per heavy atom. The summed E-state index contributed by atoms with van der Waals surface area (Å²) in [5, 5.41) is 14.6. The summed E-state index contributed by atoms with van der Waals surface area (Å²) in [6.45, 7) is 7.36. The molecule has 1 aromatic rings. The lowest BCUT2D eigenvalue weighted by Gasteiger charge is -2.25. The number of nitrogens with one attached hydrogen (secondary N) is 1. The number of fused-ring (bicyclic) bond motifs is 1. The predicted octanol–water partition coefficient (Wildman–Crippen LogP) is 1.76. The molecule has 3 aliphatic rings. The number of carboxylic acid groups (broad SMARTS) is 1. The van der Waals surface area contributed by atoms with E-state index in [4.69, 9.17) is 9.90 Å². The van der Waals surface area contributed by atoms with Gasteiger partial charge < -0.3 is 20.2 Å². The third kappa shape index (κ3) is 6.37. The Balaban J connectivity index is 0.00000103. The zero-order chi connectivity index (χ0) is 24.8. The maximum Gasteiger partial charge on any atom is 0.290 e. The highest BCUT2D eigenvalue weighted by atomic mass is 16.3. The largest absolute Gasteiger partial charge is 0.483 e. The zero-order valence-corrected chi connectivity index (χ0v) is 21.1. The number of likely N-dealkylation sites (N-methyl/N-ethyl adjacent to an activating group) is 1. The van der Waals surface area contributed by atoms with Crippen molar-refractivity contribution in [2.45, 2.75) is 64.8 Å². The molecule has 9 nitrogen and oxygen atoms in total. The fourth-order valence-corrected chi connectivity index (χ4v) is 6.12. The number of nitrogens with zero attached hydrogens (tertiary/aromatic N) is 4. The number of likely N-dealkylation sites (tertiary alicyclic amines) is 2. The maximum atomic E-state index is 13.2. The molecule has 34 heavy (non-hydrogen) atoms. The van der Waals surface area contributed by atoms with Gasteiger partial charge in [0.1, 0.15) is 0 Å². The number of aromatic nitrogens is 2. The molecule has 2 amide bonds. The van der Waals surface area contributed by atoms with Crippen molar-refractivity contribution >= 4 is 18.3 Å². The molecule has 9 heteroatoms. The van der Waals surface area contributed by atoms with Crippen LogP contribution in [0.4, 0.5) is 0 Å². The Kier molecular flexibility index (Phi) is 9.10. The van der Waals surface area contributed by atoms with Crippen LogP contribution >= 0.6 is 0 Å². The summed E-state index contributed by atoms with van der Waals surface area (Å²) in [5.74, 6) is 1.98. The second-order valence-electron chi connectivity index (χ2n) is 10.3. The second kappa shape index (κ2) is 11.8. The molecule has 190 valence electrons. The lowest BCUT2D eigenvalue weighted by molar-refractivity contribution is -0.135. The smallest absolute Gasteiger partial charge is 0.290 e. The molecule has 3 fully saturated rings. The lowest BCUT2D eigenvalue weighted by Crippen LogP contribution is -2.42. The maximum absolute atomic E-state index is 13.2. The van der Waals surface area contributed by atoms with Gasteiger partial charge in [-0.2, -0.15) is 5.10 Å². The highest BCUT2D eigenvalue weighted by Gasteiger charge is 2.40. The van der Waals surface area contributed by atoms with Crippen molar-refractivity contribution in [3.63, 3.8) is 0 Å². The number of carbonyl (C=O) groups excluding carboxylic acids is 2. The van der Waals surface area contributed by atoms with Gasteiger partial charge in [0, 0.05) is 51.4 Å². The SMILES string of the molecule is Cc1nn(C)c(C)c1CCC(=O)N[C@H]1CC[C@@H](C(=O)N2C[C@H]3CCC[C@H]3C2)CN(C)C1.O=CO. The lowest BCUT2D eigenvalue weighted by atomic mass is 10.00. The number of rotatable bonds is 5. The standard InChI is InChI=1S/C24H39N5O2.CH2O2/c1-16-22(17(2)28(4)26-16)10-11-23(30)25-21-9-8-20(12-27(3)15-21)24(31)29-13-18-6-5-7-19(18)14-29;2-1-3/h18-21H,5-15H2,1-4H3,(H,25,30);1H,(H,2,3)/t18-,19+,20-,21+;/m1./s1. The zero-order valence-electron chi connectivity index (χ0n) is 21.1. The van der Waals surface area contributed by atoms with Crippen molar-refractivity contribution in [2.24, 2.45) is 24.8 Å². The van der Waals surface area contributed by atoms with E-state index in [1.54, 1.807) is 0 Å². The molecule has 4 rings (SSSR count). The monoisotopic (exact) mass is 475 g/mol. The van der Waals surface area contributed by atoms with E-state index in [0.29, 0.717) is 12.3 Å². The first-order valence-corrected chi connectivity index (χ1v) is 12.6. The van der Waals surface area contributed by atoms with Gasteiger partial charge in [0.05, 0.1) is 11.6 Å². The van der Waals surface area contributed by atoms with Crippen LogP contribution in [-0.2, 0) is 27.9 Å². The van der Waals surface area contributed by atoms with Crippen LogP contribution in [0, 0.1) is 31.6 Å². The van der Waals surface area contributed by atoms with Gasteiger partial charge in [0.2, 0.25) is 11.8 Å². The summed E-state index contributed by atoms with van der Waals surface area (Å²) in [6.07, 6.45) is 6.87. The first kappa shape index (κ1) is 26.2. The second-order valence-corrected chi connectivity index (χ2v) is 10.3. The highest BCUT2D eigenvalue weighted by molar-refractivity contribution is 5.79. The van der Waals surface area contributed by atoms with Crippen LogP contribution in [0.5, 0.6) is 0 Å². The minimum atomic E-state index is -0.250. The molecule has 0 bridgehead atoms. The van der Waals surface area contributed by atoms with Crippen LogP contribution in [0.25, 0.3) is 0 Å². The number of aryl methyl sites for hydroxylation is 2. The van der Waals surface area contributed by atoms with E-state index >= 15 is 0 Å². The molecule has 1 aromatic heterocycles. The average molecular weight is 476 g/mol. The van der Waals surface area contributed by atoms with Gasteiger partial charge >= 0.3 is 0 Å². The Morgan fingerprint density at radius 2 is 1.71 bits per heavy atom. The topological polar surface area (TPSA) is 108 Å². The Bertz CT molecular complexity index is 858. The van der Waals surface area contributed by atoms with E-state index in [1.165, 1.54) is 24.8 Å². The van der Waals surface area contributed by atoms with Gasteiger partial charge in [0.15, 0.2) is 0 Å². The summed E-state index contributed by atoms with van der Waals surface area (Å²) >= 11 is 0. The van der Waals surface area contributed by atoms with Gasteiger partial charge in [-0.3, -0.25) is 19.1 Å². The molecule has 2 saturated heterocycles. The number of amides is 2. The van der Waals surface area contributed by atoms with Crippen molar-refractivity contribution in [2.75, 3.05) is 33.2 Å². The molecule has 3 heterocycles. The third-order valence-corrected chi connectivity index (χ3v) is 7.94. The molecule has 0 spiro atoms. The molecule has 0 unspecified atom stereocenters. The molecule has 1 saturated carbocycles. The average Bonchev–Trinajstić information content (AvgIpc) is 3.40. The van der Waals surface area contributed by atoms with Gasteiger partial charge in [-0.25, -0.2) is 0 Å². The predicted molar refractivity (Wildman–Crippen MR) is 129 cm³/mol. The molecule has 4 atom stereocenters. The summed E-state index contributed by atoms with van der Waals surface area (Å²) in [4.78, 5) is 38.6. The number of carbonyl (C=O) groups is 3. The van der Waals surface area contributed by atoms with Crippen molar-refractivity contribution in [3.8, 4) is 0 Å². The van der Waals surface area contributed by atoms with Crippen LogP contribution in [0.15, 0.2) is 0 Å². The summed E-state index contributed by atoms with van der Waals surface area (Å²) in [7, 11) is 4.02. The van der Waals surface area contributed by atoms with Crippen LogP contribution in [-0.4, -0.2) is 82.2 Å². The third-order valence-electron chi connectivity index (χ3n) is 7.94. The van der Waals surface area contributed by atoms with Gasteiger partial charge in [-0.05, 0) is 70.4 Å². The quantitative estimate of drug-likeness (QED) is 0.629. The molecule has 2 aliphatic heterocycles. The fourth-order valence-electron chi connectivity index (χ4n) is 6.12. The first-order valence-electron chi connectivity index (χ1n) is 12.6. The van der Waals surface area contributed by atoms with Crippen molar-refractivity contribution in [1.82, 2.24) is 24.9 Å². The Morgan fingerprint density at radius 3 is 2.29 bits per heavy atom. The number of hydrogen-bond acceptors (Lipinski definition) is 5. The molecular formula is C25H41N5O4. The normalized spacial score (nSPS) is 26.9. The Labute approximate surface area is 202 Å². The van der Waals surface area contributed by atoms with E-state index in [0.717, 1.165) is 68.7 Å². The van der Waals surface area contributed by atoms with Crippen LogP contribution in [0.3, 0.4) is 0 Å². The minimum absolute atomic E-state index is 0.0615. The summed E-state index contributed by atoms with van der Waals surface area (Å²) in [5.41, 5.74) is 3.32. The fraction of sp³-hybridized carbons (Fsp3) is 0.760. The van der Waals surface area contributed by atoms with Crippen molar-refractivity contribution < 1.29 is 19.5 Å². The molecule has 2 N–H and O–H groups in total.